The lowest BCUT2D eigenvalue weighted by Crippen LogP contribution is -2.29. The SMILES string of the molecule is NC(=S)c1cccc(CNC(=O)COCC(F)(F)F)c1. The third-order valence-corrected chi connectivity index (χ3v) is 2.44. The van der Waals surface area contributed by atoms with Crippen molar-refractivity contribution >= 4 is 23.1 Å². The zero-order valence-corrected chi connectivity index (χ0v) is 11.2. The Morgan fingerprint density at radius 1 is 1.40 bits per heavy atom. The highest BCUT2D eigenvalue weighted by molar-refractivity contribution is 7.80. The van der Waals surface area contributed by atoms with Gasteiger partial charge >= 0.3 is 6.18 Å². The highest BCUT2D eigenvalue weighted by atomic mass is 32.1. The van der Waals surface area contributed by atoms with Gasteiger partial charge in [-0.3, -0.25) is 4.79 Å². The van der Waals surface area contributed by atoms with Crippen LogP contribution in [0.2, 0.25) is 0 Å². The first-order valence-corrected chi connectivity index (χ1v) is 5.99. The fourth-order valence-electron chi connectivity index (χ4n) is 1.35. The van der Waals surface area contributed by atoms with Crippen LogP contribution in [0.1, 0.15) is 11.1 Å². The number of thiocarbonyl (C=S) groups is 1. The van der Waals surface area contributed by atoms with Gasteiger partial charge in [0.15, 0.2) is 0 Å². The van der Waals surface area contributed by atoms with E-state index in [4.69, 9.17) is 18.0 Å². The van der Waals surface area contributed by atoms with Crippen LogP contribution in [0.3, 0.4) is 0 Å². The van der Waals surface area contributed by atoms with Crippen LogP contribution in [0.25, 0.3) is 0 Å². The van der Waals surface area contributed by atoms with Crippen molar-refractivity contribution in [3.05, 3.63) is 35.4 Å². The van der Waals surface area contributed by atoms with E-state index in [-0.39, 0.29) is 11.5 Å². The molecule has 0 aliphatic carbocycles. The maximum Gasteiger partial charge on any atom is 0.411 e. The van der Waals surface area contributed by atoms with Gasteiger partial charge in [-0.15, -0.1) is 0 Å². The molecule has 110 valence electrons. The minimum atomic E-state index is -4.44. The number of nitrogens with two attached hydrogens (primary N) is 1. The molecule has 0 aliphatic rings. The molecule has 0 unspecified atom stereocenters. The second-order valence-corrected chi connectivity index (χ2v) is 4.39. The molecule has 1 amide bonds. The number of hydrogen-bond acceptors (Lipinski definition) is 3. The topological polar surface area (TPSA) is 64.3 Å². The third-order valence-electron chi connectivity index (χ3n) is 2.20. The highest BCUT2D eigenvalue weighted by Crippen LogP contribution is 2.14. The molecular weight excluding hydrogens is 293 g/mol. The maximum absolute atomic E-state index is 11.8. The van der Waals surface area contributed by atoms with Gasteiger partial charge in [-0.25, -0.2) is 0 Å². The van der Waals surface area contributed by atoms with Gasteiger partial charge in [-0.05, 0) is 11.6 Å². The van der Waals surface area contributed by atoms with E-state index in [2.05, 4.69) is 10.1 Å². The van der Waals surface area contributed by atoms with Crippen molar-refractivity contribution in [1.29, 1.82) is 0 Å². The van der Waals surface area contributed by atoms with E-state index in [1.807, 2.05) is 0 Å². The number of rotatable bonds is 6. The molecule has 0 bridgehead atoms. The molecule has 0 heterocycles. The predicted octanol–water partition coefficient (Wildman–Crippen LogP) is 1.52. The number of nitrogens with one attached hydrogen (secondary N) is 1. The van der Waals surface area contributed by atoms with E-state index < -0.39 is 25.3 Å². The Bertz CT molecular complexity index is 492. The van der Waals surface area contributed by atoms with Gasteiger partial charge in [0.2, 0.25) is 5.91 Å². The monoisotopic (exact) mass is 306 g/mol. The van der Waals surface area contributed by atoms with E-state index in [9.17, 15) is 18.0 Å². The van der Waals surface area contributed by atoms with E-state index >= 15 is 0 Å². The summed E-state index contributed by atoms with van der Waals surface area (Å²) in [5.74, 6) is -0.630. The van der Waals surface area contributed by atoms with Crippen molar-refractivity contribution in [3.8, 4) is 0 Å². The fraction of sp³-hybridized carbons (Fsp3) is 0.333. The number of alkyl halides is 3. The molecule has 0 saturated carbocycles. The summed E-state index contributed by atoms with van der Waals surface area (Å²) in [6.45, 7) is -1.93. The number of carbonyl (C=O) groups is 1. The summed E-state index contributed by atoms with van der Waals surface area (Å²) in [4.78, 5) is 11.5. The number of ether oxygens (including phenoxy) is 1. The van der Waals surface area contributed by atoms with Gasteiger partial charge in [0.1, 0.15) is 18.2 Å². The minimum absolute atomic E-state index is 0.157. The van der Waals surface area contributed by atoms with E-state index in [1.54, 1.807) is 24.3 Å². The lowest BCUT2D eigenvalue weighted by molar-refractivity contribution is -0.175. The molecule has 1 rings (SSSR count). The molecule has 0 aromatic heterocycles. The molecule has 1 aromatic rings. The largest absolute Gasteiger partial charge is 0.411 e. The lowest BCUT2D eigenvalue weighted by Gasteiger charge is -2.09. The Morgan fingerprint density at radius 3 is 2.70 bits per heavy atom. The standard InChI is InChI=1S/C12H13F3N2O2S/c13-12(14,15)7-19-6-10(18)17-5-8-2-1-3-9(4-8)11(16)20/h1-4H,5-7H2,(H2,16,20)(H,17,18). The molecule has 0 atom stereocenters. The first-order chi connectivity index (χ1) is 9.28. The van der Waals surface area contributed by atoms with Crippen molar-refractivity contribution in [3.63, 3.8) is 0 Å². The average Bonchev–Trinajstić information content (AvgIpc) is 2.35. The summed E-state index contributed by atoms with van der Waals surface area (Å²) in [5.41, 5.74) is 6.85. The zero-order valence-electron chi connectivity index (χ0n) is 10.4. The quantitative estimate of drug-likeness (QED) is 0.782. The third kappa shape index (κ3) is 6.48. The van der Waals surface area contributed by atoms with Gasteiger partial charge in [0, 0.05) is 12.1 Å². The van der Waals surface area contributed by atoms with Crippen LogP contribution >= 0.6 is 12.2 Å². The summed E-state index contributed by atoms with van der Waals surface area (Å²) in [6.07, 6.45) is -4.44. The van der Waals surface area contributed by atoms with Crippen molar-refractivity contribution in [1.82, 2.24) is 5.32 Å². The van der Waals surface area contributed by atoms with Gasteiger partial charge < -0.3 is 15.8 Å². The van der Waals surface area contributed by atoms with Gasteiger partial charge in [0.05, 0.1) is 0 Å². The van der Waals surface area contributed by atoms with E-state index in [0.717, 1.165) is 5.56 Å². The van der Waals surface area contributed by atoms with Crippen molar-refractivity contribution < 1.29 is 22.7 Å². The van der Waals surface area contributed by atoms with Crippen molar-refractivity contribution in [2.45, 2.75) is 12.7 Å². The molecule has 1 aromatic carbocycles. The van der Waals surface area contributed by atoms with Crippen LogP contribution in [0, 0.1) is 0 Å². The molecule has 20 heavy (non-hydrogen) atoms. The van der Waals surface area contributed by atoms with Gasteiger partial charge in [0.25, 0.3) is 0 Å². The summed E-state index contributed by atoms with van der Waals surface area (Å²) in [5, 5.41) is 2.44. The van der Waals surface area contributed by atoms with Gasteiger partial charge in [-0.2, -0.15) is 13.2 Å². The molecule has 0 saturated heterocycles. The fourth-order valence-corrected chi connectivity index (χ4v) is 1.47. The van der Waals surface area contributed by atoms with Crippen LogP contribution in [-0.4, -0.2) is 30.3 Å². The van der Waals surface area contributed by atoms with E-state index in [0.29, 0.717) is 5.56 Å². The Kier molecular flexibility index (Phi) is 5.90. The average molecular weight is 306 g/mol. The van der Waals surface area contributed by atoms with Crippen LogP contribution < -0.4 is 11.1 Å². The molecule has 0 spiro atoms. The highest BCUT2D eigenvalue weighted by Gasteiger charge is 2.27. The Morgan fingerprint density at radius 2 is 2.10 bits per heavy atom. The summed E-state index contributed by atoms with van der Waals surface area (Å²) in [6, 6.07) is 6.87. The lowest BCUT2D eigenvalue weighted by atomic mass is 10.1. The van der Waals surface area contributed by atoms with Crippen LogP contribution in [0.5, 0.6) is 0 Å². The Balaban J connectivity index is 2.37. The number of hydrogen-bond donors (Lipinski definition) is 2. The minimum Gasteiger partial charge on any atom is -0.389 e. The second kappa shape index (κ2) is 7.20. The smallest absolute Gasteiger partial charge is 0.389 e. The molecular formula is C12H13F3N2O2S. The first-order valence-electron chi connectivity index (χ1n) is 5.58. The zero-order chi connectivity index (χ0) is 15.2. The molecule has 8 heteroatoms. The van der Waals surface area contributed by atoms with Crippen LogP contribution in [-0.2, 0) is 16.1 Å². The second-order valence-electron chi connectivity index (χ2n) is 3.95. The van der Waals surface area contributed by atoms with Gasteiger partial charge in [-0.1, -0.05) is 30.4 Å². The molecule has 0 radical (unpaired) electrons. The van der Waals surface area contributed by atoms with Crippen LogP contribution in [0.15, 0.2) is 24.3 Å². The molecule has 0 aliphatic heterocycles. The number of amides is 1. The molecule has 3 N–H and O–H groups in total. The number of halogens is 3. The first kappa shape index (κ1) is 16.4. The van der Waals surface area contributed by atoms with Crippen molar-refractivity contribution in [2.75, 3.05) is 13.2 Å². The summed E-state index contributed by atoms with van der Waals surface area (Å²) in [7, 11) is 0. The molecule has 4 nitrogen and oxygen atoms in total. The summed E-state index contributed by atoms with van der Waals surface area (Å²) >= 11 is 4.81. The Labute approximate surface area is 119 Å². The number of benzene rings is 1. The van der Waals surface area contributed by atoms with E-state index in [1.165, 1.54) is 0 Å². The maximum atomic E-state index is 11.8. The Hall–Kier alpha value is -1.67. The summed E-state index contributed by atoms with van der Waals surface area (Å²) < 4.78 is 39.6. The normalized spacial score (nSPS) is 11.2. The number of carbonyl (C=O) groups excluding carboxylic acids is 1. The van der Waals surface area contributed by atoms with Crippen LogP contribution in [0.4, 0.5) is 13.2 Å². The molecule has 0 fully saturated rings. The van der Waals surface area contributed by atoms with Crippen molar-refractivity contribution in [2.24, 2.45) is 5.73 Å². The predicted molar refractivity (Wildman–Crippen MR) is 71.1 cm³/mol.